The lowest BCUT2D eigenvalue weighted by molar-refractivity contribution is 0.0950. The Morgan fingerprint density at radius 2 is 1.96 bits per heavy atom. The number of hydrogen-bond acceptors (Lipinski definition) is 3. The monoisotopic (exact) mass is 332 g/mol. The van der Waals surface area contributed by atoms with Gasteiger partial charge in [-0.15, -0.1) is 0 Å². The fourth-order valence-corrected chi connectivity index (χ4v) is 2.98. The molecule has 2 N–H and O–H groups in total. The molecule has 0 atom stereocenters. The smallest absolute Gasteiger partial charge is 0.272 e. The molecule has 0 unspecified atom stereocenters. The van der Waals surface area contributed by atoms with Crippen LogP contribution >= 0.6 is 0 Å². The zero-order valence-electron chi connectivity index (χ0n) is 13.6. The predicted octanol–water partition coefficient (Wildman–Crippen LogP) is 2.34. The first-order chi connectivity index (χ1) is 12.1. The summed E-state index contributed by atoms with van der Waals surface area (Å²) >= 11 is 0. The molecule has 2 aromatic heterocycles. The molecule has 6 heteroatoms. The maximum Gasteiger partial charge on any atom is 0.272 e. The van der Waals surface area contributed by atoms with Gasteiger partial charge >= 0.3 is 0 Å². The number of rotatable bonds is 3. The molecular weight excluding hydrogens is 316 g/mol. The lowest BCUT2D eigenvalue weighted by Gasteiger charge is -2.08. The molecule has 0 saturated heterocycles. The maximum atomic E-state index is 12.5. The zero-order chi connectivity index (χ0) is 17.4. The first kappa shape index (κ1) is 15.1. The third kappa shape index (κ3) is 2.67. The fraction of sp³-hybridized carbons (Fsp3) is 0.105. The minimum Gasteiger partial charge on any atom is -0.351 e. The summed E-state index contributed by atoms with van der Waals surface area (Å²) < 4.78 is 1.98. The largest absolute Gasteiger partial charge is 0.351 e. The van der Waals surface area contributed by atoms with Crippen LogP contribution in [-0.4, -0.2) is 20.7 Å². The van der Waals surface area contributed by atoms with Crippen LogP contribution in [0.1, 0.15) is 16.1 Å². The minimum absolute atomic E-state index is 0.180. The Bertz CT molecular complexity index is 1160. The van der Waals surface area contributed by atoms with Crippen molar-refractivity contribution in [3.8, 4) is 0 Å². The molecule has 0 aliphatic heterocycles. The van der Waals surface area contributed by atoms with Crippen molar-refractivity contribution in [3.05, 3.63) is 76.3 Å². The number of nitrogens with one attached hydrogen (secondary N) is 2. The van der Waals surface area contributed by atoms with Gasteiger partial charge in [-0.1, -0.05) is 24.3 Å². The van der Waals surface area contributed by atoms with Gasteiger partial charge in [0.1, 0.15) is 0 Å². The molecule has 124 valence electrons. The van der Waals surface area contributed by atoms with E-state index in [1.54, 1.807) is 18.2 Å². The summed E-state index contributed by atoms with van der Waals surface area (Å²) in [4.78, 5) is 24.3. The SMILES string of the molecule is Cn1ccc2ccc(C(=O)NCc3n[nH]c(=O)c4ccccc34)cc21. The number of aromatic nitrogens is 3. The second-order valence-corrected chi connectivity index (χ2v) is 5.93. The van der Waals surface area contributed by atoms with Gasteiger partial charge in [-0.05, 0) is 29.7 Å². The first-order valence-electron chi connectivity index (χ1n) is 7.93. The van der Waals surface area contributed by atoms with E-state index in [0.29, 0.717) is 16.6 Å². The Labute approximate surface area is 143 Å². The van der Waals surface area contributed by atoms with Gasteiger partial charge in [0, 0.05) is 29.7 Å². The molecule has 0 aliphatic carbocycles. The zero-order valence-corrected chi connectivity index (χ0v) is 13.6. The summed E-state index contributed by atoms with van der Waals surface area (Å²) in [5.74, 6) is -0.180. The normalized spacial score (nSPS) is 11.1. The molecule has 0 radical (unpaired) electrons. The number of carbonyl (C=O) groups is 1. The van der Waals surface area contributed by atoms with Crippen molar-refractivity contribution < 1.29 is 4.79 Å². The van der Waals surface area contributed by atoms with Crippen LogP contribution in [-0.2, 0) is 13.6 Å². The highest BCUT2D eigenvalue weighted by molar-refractivity contribution is 5.98. The van der Waals surface area contributed by atoms with Crippen molar-refractivity contribution in [2.24, 2.45) is 7.05 Å². The first-order valence-corrected chi connectivity index (χ1v) is 7.93. The van der Waals surface area contributed by atoms with Gasteiger partial charge in [-0.2, -0.15) is 5.10 Å². The average Bonchev–Trinajstić information content (AvgIpc) is 3.02. The third-order valence-electron chi connectivity index (χ3n) is 4.34. The Morgan fingerprint density at radius 3 is 2.80 bits per heavy atom. The van der Waals surface area contributed by atoms with Crippen molar-refractivity contribution in [3.63, 3.8) is 0 Å². The van der Waals surface area contributed by atoms with Crippen molar-refractivity contribution in [2.45, 2.75) is 6.54 Å². The highest BCUT2D eigenvalue weighted by atomic mass is 16.1. The Hall–Kier alpha value is -3.41. The number of H-pyrrole nitrogens is 1. The maximum absolute atomic E-state index is 12.5. The molecule has 0 fully saturated rings. The average molecular weight is 332 g/mol. The number of fused-ring (bicyclic) bond motifs is 2. The van der Waals surface area contributed by atoms with Gasteiger partial charge < -0.3 is 9.88 Å². The van der Waals surface area contributed by atoms with Crippen LogP contribution in [0.5, 0.6) is 0 Å². The lowest BCUT2D eigenvalue weighted by atomic mass is 10.1. The van der Waals surface area contributed by atoms with E-state index in [0.717, 1.165) is 16.3 Å². The number of hydrogen-bond donors (Lipinski definition) is 2. The van der Waals surface area contributed by atoms with Crippen LogP contribution in [0.15, 0.2) is 59.5 Å². The van der Waals surface area contributed by atoms with Gasteiger partial charge in [0.15, 0.2) is 0 Å². The van der Waals surface area contributed by atoms with Crippen LogP contribution < -0.4 is 10.9 Å². The van der Waals surface area contributed by atoms with E-state index in [-0.39, 0.29) is 18.0 Å². The van der Waals surface area contributed by atoms with Crippen molar-refractivity contribution in [1.29, 1.82) is 0 Å². The highest BCUT2D eigenvalue weighted by Gasteiger charge is 2.10. The van der Waals surface area contributed by atoms with Gasteiger partial charge in [-0.25, -0.2) is 5.10 Å². The van der Waals surface area contributed by atoms with Crippen LogP contribution in [0.4, 0.5) is 0 Å². The number of aromatic amines is 1. The van der Waals surface area contributed by atoms with E-state index in [2.05, 4.69) is 15.5 Å². The van der Waals surface area contributed by atoms with Crippen molar-refractivity contribution >= 4 is 27.6 Å². The van der Waals surface area contributed by atoms with Gasteiger partial charge in [0.05, 0.1) is 17.6 Å². The molecule has 0 spiro atoms. The minimum atomic E-state index is -0.236. The fourth-order valence-electron chi connectivity index (χ4n) is 2.98. The molecule has 2 aromatic carbocycles. The molecule has 1 amide bonds. The van der Waals surface area contributed by atoms with Crippen LogP contribution in [0.25, 0.3) is 21.7 Å². The van der Waals surface area contributed by atoms with Crippen molar-refractivity contribution in [2.75, 3.05) is 0 Å². The number of aryl methyl sites for hydroxylation is 1. The molecule has 4 aromatic rings. The van der Waals surface area contributed by atoms with Gasteiger partial charge in [0.2, 0.25) is 0 Å². The number of nitrogens with zero attached hydrogens (tertiary/aromatic N) is 2. The Balaban J connectivity index is 1.60. The van der Waals surface area contributed by atoms with Crippen molar-refractivity contribution in [1.82, 2.24) is 20.1 Å². The Kier molecular flexibility index (Phi) is 3.57. The summed E-state index contributed by atoms with van der Waals surface area (Å²) in [5.41, 5.74) is 1.98. The second-order valence-electron chi connectivity index (χ2n) is 5.93. The van der Waals surface area contributed by atoms with Crippen LogP contribution in [0.3, 0.4) is 0 Å². The summed E-state index contributed by atoms with van der Waals surface area (Å²) in [7, 11) is 1.94. The number of benzene rings is 2. The quantitative estimate of drug-likeness (QED) is 0.604. The number of carbonyl (C=O) groups excluding carboxylic acids is 1. The Morgan fingerprint density at radius 1 is 1.16 bits per heavy atom. The summed E-state index contributed by atoms with van der Waals surface area (Å²) in [6, 6.07) is 14.8. The van der Waals surface area contributed by atoms with Crippen LogP contribution in [0.2, 0.25) is 0 Å². The third-order valence-corrected chi connectivity index (χ3v) is 4.34. The van der Waals surface area contributed by atoms with E-state index in [4.69, 9.17) is 0 Å². The summed E-state index contributed by atoms with van der Waals surface area (Å²) in [5, 5.41) is 11.8. The molecule has 0 saturated carbocycles. The van der Waals surface area contributed by atoms with E-state index in [9.17, 15) is 9.59 Å². The predicted molar refractivity (Wildman–Crippen MR) is 96.5 cm³/mol. The van der Waals surface area contributed by atoms with E-state index < -0.39 is 0 Å². The van der Waals surface area contributed by atoms with E-state index in [1.165, 1.54) is 0 Å². The lowest BCUT2D eigenvalue weighted by Crippen LogP contribution is -2.24. The van der Waals surface area contributed by atoms with Gasteiger partial charge in [-0.3, -0.25) is 9.59 Å². The molecule has 0 aliphatic rings. The second kappa shape index (κ2) is 5.90. The molecule has 4 rings (SSSR count). The van der Waals surface area contributed by atoms with E-state index in [1.807, 2.05) is 48.1 Å². The molecule has 25 heavy (non-hydrogen) atoms. The summed E-state index contributed by atoms with van der Waals surface area (Å²) in [6.07, 6.45) is 1.96. The molecule has 0 bridgehead atoms. The van der Waals surface area contributed by atoms with Gasteiger partial charge in [0.25, 0.3) is 11.5 Å². The molecular formula is C19H16N4O2. The number of amides is 1. The standard InChI is InChI=1S/C19H16N4O2/c1-23-9-8-12-6-7-13(10-17(12)23)18(24)20-11-16-14-4-2-3-5-15(14)19(25)22-21-16/h2-10H,11H2,1H3,(H,20,24)(H,22,25). The topological polar surface area (TPSA) is 79.8 Å². The highest BCUT2D eigenvalue weighted by Crippen LogP contribution is 2.17. The molecule has 2 heterocycles. The summed E-state index contributed by atoms with van der Waals surface area (Å²) in [6.45, 7) is 0.237. The van der Waals surface area contributed by atoms with E-state index >= 15 is 0 Å². The van der Waals surface area contributed by atoms with Crippen LogP contribution in [0, 0.1) is 0 Å². The molecule has 6 nitrogen and oxygen atoms in total.